The highest BCUT2D eigenvalue weighted by Gasteiger charge is 2.17. The van der Waals surface area contributed by atoms with Crippen molar-refractivity contribution in [3.63, 3.8) is 0 Å². The van der Waals surface area contributed by atoms with Crippen LogP contribution >= 0.6 is 11.3 Å². The lowest BCUT2D eigenvalue weighted by molar-refractivity contribution is 0.452. The number of hydrogen-bond acceptors (Lipinski definition) is 6. The molecule has 2 aromatic rings. The third-order valence-electron chi connectivity index (χ3n) is 3.08. The normalized spacial score (nSPS) is 16.7. The summed E-state index contributed by atoms with van der Waals surface area (Å²) in [7, 11) is 0. The zero-order valence-corrected chi connectivity index (χ0v) is 10.8. The maximum absolute atomic E-state index is 4.64. The summed E-state index contributed by atoms with van der Waals surface area (Å²) in [6.07, 6.45) is 7.66. The average molecular weight is 261 g/mol. The molecule has 6 heteroatoms. The summed E-state index contributed by atoms with van der Waals surface area (Å²) in [5.74, 6) is 1.30. The lowest BCUT2D eigenvalue weighted by atomic mass is 9.95. The number of nitrogens with zero attached hydrogens (tertiary/aromatic N) is 3. The van der Waals surface area contributed by atoms with Crippen molar-refractivity contribution in [2.75, 3.05) is 18.4 Å². The molecule has 0 spiro atoms. The molecule has 5 nitrogen and oxygen atoms in total. The summed E-state index contributed by atoms with van der Waals surface area (Å²) in [4.78, 5) is 13.1. The van der Waals surface area contributed by atoms with Crippen LogP contribution in [-0.2, 0) is 0 Å². The lowest BCUT2D eigenvalue weighted by Crippen LogP contribution is -2.27. The molecule has 0 unspecified atom stereocenters. The van der Waals surface area contributed by atoms with Crippen LogP contribution in [0.4, 0.5) is 10.9 Å². The predicted octanol–water partition coefficient (Wildman–Crippen LogP) is 2.14. The van der Waals surface area contributed by atoms with E-state index in [1.165, 1.54) is 0 Å². The Morgan fingerprint density at radius 3 is 2.94 bits per heavy atom. The van der Waals surface area contributed by atoms with Gasteiger partial charge >= 0.3 is 0 Å². The number of rotatable bonds is 3. The minimum Gasteiger partial charge on any atom is -0.317 e. The van der Waals surface area contributed by atoms with Crippen molar-refractivity contribution < 1.29 is 0 Å². The molecular formula is C12H15N5S. The lowest BCUT2D eigenvalue weighted by Gasteiger charge is -2.22. The van der Waals surface area contributed by atoms with E-state index >= 15 is 0 Å². The summed E-state index contributed by atoms with van der Waals surface area (Å²) in [6.45, 7) is 2.13. The van der Waals surface area contributed by atoms with E-state index in [1.807, 2.05) is 11.6 Å². The Bertz CT molecular complexity index is 493. The fraction of sp³-hybridized carbons (Fsp3) is 0.417. The SMILES string of the molecule is c1csc(Nc2cncc(C3CCNCC3)n2)n1. The second-order valence-corrected chi connectivity index (χ2v) is 5.21. The third-order valence-corrected chi connectivity index (χ3v) is 3.77. The second kappa shape index (κ2) is 5.41. The van der Waals surface area contributed by atoms with Gasteiger partial charge in [0, 0.05) is 23.7 Å². The smallest absolute Gasteiger partial charge is 0.188 e. The van der Waals surface area contributed by atoms with Crippen molar-refractivity contribution in [2.45, 2.75) is 18.8 Å². The van der Waals surface area contributed by atoms with Crippen molar-refractivity contribution in [1.29, 1.82) is 0 Å². The highest BCUT2D eigenvalue weighted by Crippen LogP contribution is 2.24. The summed E-state index contributed by atoms with van der Waals surface area (Å²) in [5, 5.41) is 9.34. The van der Waals surface area contributed by atoms with E-state index in [4.69, 9.17) is 0 Å². The highest BCUT2D eigenvalue weighted by molar-refractivity contribution is 7.13. The van der Waals surface area contributed by atoms with Crippen molar-refractivity contribution in [1.82, 2.24) is 20.3 Å². The van der Waals surface area contributed by atoms with E-state index in [9.17, 15) is 0 Å². The van der Waals surface area contributed by atoms with Gasteiger partial charge in [-0.15, -0.1) is 11.3 Å². The zero-order chi connectivity index (χ0) is 12.2. The molecule has 0 bridgehead atoms. The predicted molar refractivity (Wildman–Crippen MR) is 72.3 cm³/mol. The summed E-state index contributed by atoms with van der Waals surface area (Å²) in [5.41, 5.74) is 1.08. The van der Waals surface area contributed by atoms with Crippen molar-refractivity contribution in [3.05, 3.63) is 29.7 Å². The molecule has 3 rings (SSSR count). The largest absolute Gasteiger partial charge is 0.317 e. The molecule has 2 N–H and O–H groups in total. The van der Waals surface area contributed by atoms with Gasteiger partial charge < -0.3 is 10.6 Å². The molecule has 94 valence electrons. The molecule has 1 aliphatic rings. The number of hydrogen-bond donors (Lipinski definition) is 2. The molecule has 0 atom stereocenters. The monoisotopic (exact) mass is 261 g/mol. The maximum Gasteiger partial charge on any atom is 0.188 e. The fourth-order valence-electron chi connectivity index (χ4n) is 2.15. The van der Waals surface area contributed by atoms with Crippen molar-refractivity contribution in [2.24, 2.45) is 0 Å². The second-order valence-electron chi connectivity index (χ2n) is 4.32. The Kier molecular flexibility index (Phi) is 3.47. The first-order valence-electron chi connectivity index (χ1n) is 6.11. The Hall–Kier alpha value is -1.53. The molecule has 0 aliphatic carbocycles. The number of aromatic nitrogens is 3. The Labute approximate surface area is 110 Å². The van der Waals surface area contributed by atoms with Crippen molar-refractivity contribution >= 4 is 22.3 Å². The van der Waals surface area contributed by atoms with Gasteiger partial charge in [-0.25, -0.2) is 9.97 Å². The van der Waals surface area contributed by atoms with E-state index in [-0.39, 0.29) is 0 Å². The van der Waals surface area contributed by atoms with Gasteiger partial charge in [0.05, 0.1) is 11.9 Å². The van der Waals surface area contributed by atoms with E-state index in [1.54, 1.807) is 23.7 Å². The topological polar surface area (TPSA) is 62.7 Å². The van der Waals surface area contributed by atoms with Gasteiger partial charge in [-0.05, 0) is 25.9 Å². The summed E-state index contributed by atoms with van der Waals surface area (Å²) < 4.78 is 0. The first-order chi connectivity index (χ1) is 8.92. The molecule has 3 heterocycles. The number of nitrogens with one attached hydrogen (secondary N) is 2. The number of thiazole rings is 1. The molecule has 0 aromatic carbocycles. The molecule has 1 aliphatic heterocycles. The van der Waals surface area contributed by atoms with Crippen molar-refractivity contribution in [3.8, 4) is 0 Å². The van der Waals surface area contributed by atoms with Crippen LogP contribution in [0.25, 0.3) is 0 Å². The van der Waals surface area contributed by atoms with Crippen LogP contribution < -0.4 is 10.6 Å². The summed E-state index contributed by atoms with van der Waals surface area (Å²) >= 11 is 1.56. The first kappa shape index (κ1) is 11.6. The Morgan fingerprint density at radius 1 is 1.28 bits per heavy atom. The summed E-state index contributed by atoms with van der Waals surface area (Å²) in [6, 6.07) is 0. The van der Waals surface area contributed by atoms with Gasteiger partial charge in [0.15, 0.2) is 10.9 Å². The van der Waals surface area contributed by atoms with E-state index in [0.717, 1.165) is 42.6 Å². The van der Waals surface area contributed by atoms with Gasteiger partial charge in [-0.1, -0.05) is 0 Å². The number of piperidine rings is 1. The standard InChI is InChI=1S/C12H15N5S/c1-3-13-4-2-9(1)10-7-14-8-11(16-10)17-12-15-5-6-18-12/h5-9,13H,1-4H2,(H,15,16,17). The van der Waals surface area contributed by atoms with E-state index in [2.05, 4.69) is 25.6 Å². The minimum atomic E-state index is 0.525. The first-order valence-corrected chi connectivity index (χ1v) is 6.99. The third kappa shape index (κ3) is 2.65. The highest BCUT2D eigenvalue weighted by atomic mass is 32.1. The molecule has 0 saturated carbocycles. The van der Waals surface area contributed by atoms with Crippen LogP contribution in [-0.4, -0.2) is 28.0 Å². The van der Waals surface area contributed by atoms with Gasteiger partial charge in [0.1, 0.15) is 0 Å². The van der Waals surface area contributed by atoms with Gasteiger partial charge in [0.25, 0.3) is 0 Å². The molecule has 1 fully saturated rings. The van der Waals surface area contributed by atoms with Crippen LogP contribution in [0.15, 0.2) is 24.0 Å². The minimum absolute atomic E-state index is 0.525. The quantitative estimate of drug-likeness (QED) is 0.886. The Balaban J connectivity index is 1.76. The van der Waals surface area contributed by atoms with Gasteiger partial charge in [-0.2, -0.15) is 0 Å². The van der Waals surface area contributed by atoms with Gasteiger partial charge in [-0.3, -0.25) is 4.98 Å². The maximum atomic E-state index is 4.64. The van der Waals surface area contributed by atoms with Crippen LogP contribution in [0.3, 0.4) is 0 Å². The molecule has 2 aromatic heterocycles. The zero-order valence-electron chi connectivity index (χ0n) is 9.97. The van der Waals surface area contributed by atoms with E-state index < -0.39 is 0 Å². The van der Waals surface area contributed by atoms with Crippen LogP contribution in [0.1, 0.15) is 24.5 Å². The number of anilines is 2. The Morgan fingerprint density at radius 2 is 2.17 bits per heavy atom. The van der Waals surface area contributed by atoms with Crippen LogP contribution in [0.2, 0.25) is 0 Å². The molecule has 18 heavy (non-hydrogen) atoms. The van der Waals surface area contributed by atoms with Crippen LogP contribution in [0, 0.1) is 0 Å². The molecule has 0 radical (unpaired) electrons. The molecule has 0 amide bonds. The average Bonchev–Trinajstić information content (AvgIpc) is 2.93. The molecule has 1 saturated heterocycles. The van der Waals surface area contributed by atoms with Gasteiger partial charge in [0.2, 0.25) is 0 Å². The van der Waals surface area contributed by atoms with E-state index in [0.29, 0.717) is 5.92 Å². The van der Waals surface area contributed by atoms with Crippen LogP contribution in [0.5, 0.6) is 0 Å². The molecular weight excluding hydrogens is 246 g/mol. The fourth-order valence-corrected chi connectivity index (χ4v) is 2.69.